The van der Waals surface area contributed by atoms with Crippen LogP contribution in [0.2, 0.25) is 0 Å². The average Bonchev–Trinajstić information content (AvgIpc) is 2.83. The molecule has 1 heterocycles. The Morgan fingerprint density at radius 3 is 2.48 bits per heavy atom. The highest BCUT2D eigenvalue weighted by Gasteiger charge is 2.22. The van der Waals surface area contributed by atoms with Gasteiger partial charge in [0.1, 0.15) is 5.75 Å². The Labute approximate surface area is 194 Å². The van der Waals surface area contributed by atoms with Crippen LogP contribution in [0.4, 0.5) is 11.4 Å². The van der Waals surface area contributed by atoms with Crippen LogP contribution in [-0.4, -0.2) is 31.5 Å². The molecule has 0 aliphatic carbocycles. The van der Waals surface area contributed by atoms with E-state index in [4.69, 9.17) is 4.74 Å². The van der Waals surface area contributed by atoms with Crippen LogP contribution in [0.15, 0.2) is 66.7 Å². The number of anilines is 2. The molecule has 0 fully saturated rings. The lowest BCUT2D eigenvalue weighted by molar-refractivity contribution is 0.0942. The molecule has 1 aliphatic heterocycles. The fourth-order valence-corrected chi connectivity index (χ4v) is 4.08. The summed E-state index contributed by atoms with van der Waals surface area (Å²) in [5.74, 6) is 0.195. The van der Waals surface area contributed by atoms with Gasteiger partial charge in [-0.15, -0.1) is 0 Å². The van der Waals surface area contributed by atoms with Gasteiger partial charge in [-0.05, 0) is 67.8 Å². The van der Waals surface area contributed by atoms with Crippen molar-refractivity contribution in [1.82, 2.24) is 5.32 Å². The fraction of sp³-hybridized carbons (Fsp3) is 0.259. The zero-order valence-corrected chi connectivity index (χ0v) is 19.2. The van der Waals surface area contributed by atoms with E-state index in [1.54, 1.807) is 37.4 Å². The van der Waals surface area contributed by atoms with Crippen LogP contribution in [0.3, 0.4) is 0 Å². The maximum absolute atomic E-state index is 13.1. The number of amides is 2. The molecule has 0 radical (unpaired) electrons. The number of methoxy groups -OCH3 is 1. The van der Waals surface area contributed by atoms with Crippen LogP contribution in [0.1, 0.15) is 45.7 Å². The number of nitrogens with one attached hydrogen (secondary N) is 2. The zero-order chi connectivity index (χ0) is 23.4. The normalized spacial score (nSPS) is 12.8. The molecule has 33 heavy (non-hydrogen) atoms. The van der Waals surface area contributed by atoms with Crippen molar-refractivity contribution in [3.05, 3.63) is 89.0 Å². The van der Waals surface area contributed by atoms with Crippen molar-refractivity contribution in [2.24, 2.45) is 0 Å². The SMILES string of the molecule is COc1cccc(C(=O)Nc2ccc(N3CCc4ccccc4C3)c(C(=O)NC(C)C)c2)c1. The van der Waals surface area contributed by atoms with E-state index >= 15 is 0 Å². The second kappa shape index (κ2) is 9.77. The van der Waals surface area contributed by atoms with Gasteiger partial charge in [0.15, 0.2) is 0 Å². The third-order valence-corrected chi connectivity index (χ3v) is 5.72. The van der Waals surface area contributed by atoms with Gasteiger partial charge < -0.3 is 20.3 Å². The predicted molar refractivity (Wildman–Crippen MR) is 131 cm³/mol. The minimum atomic E-state index is -0.260. The first-order chi connectivity index (χ1) is 15.9. The summed E-state index contributed by atoms with van der Waals surface area (Å²) in [6.45, 7) is 5.44. The summed E-state index contributed by atoms with van der Waals surface area (Å²) in [6.07, 6.45) is 0.926. The first kappa shape index (κ1) is 22.4. The molecule has 0 spiro atoms. The first-order valence-corrected chi connectivity index (χ1v) is 11.2. The predicted octanol–water partition coefficient (Wildman–Crippen LogP) is 4.65. The molecule has 1 aliphatic rings. The molecule has 6 heteroatoms. The Hall–Kier alpha value is -3.80. The molecule has 0 aromatic heterocycles. The van der Waals surface area contributed by atoms with Crippen molar-refractivity contribution in [3.8, 4) is 5.75 Å². The van der Waals surface area contributed by atoms with Gasteiger partial charge in [0.25, 0.3) is 11.8 Å². The quantitative estimate of drug-likeness (QED) is 0.582. The lowest BCUT2D eigenvalue weighted by Gasteiger charge is -2.32. The molecule has 4 rings (SSSR count). The van der Waals surface area contributed by atoms with E-state index in [1.165, 1.54) is 11.1 Å². The summed E-state index contributed by atoms with van der Waals surface area (Å²) in [5, 5.41) is 5.90. The lowest BCUT2D eigenvalue weighted by atomic mass is 9.98. The zero-order valence-electron chi connectivity index (χ0n) is 19.2. The van der Waals surface area contributed by atoms with Crippen LogP contribution in [-0.2, 0) is 13.0 Å². The van der Waals surface area contributed by atoms with Crippen molar-refractivity contribution in [2.75, 3.05) is 23.9 Å². The number of fused-ring (bicyclic) bond motifs is 1. The fourth-order valence-electron chi connectivity index (χ4n) is 4.08. The Morgan fingerprint density at radius 1 is 0.939 bits per heavy atom. The molecule has 3 aromatic rings. The molecule has 2 N–H and O–H groups in total. The number of hydrogen-bond donors (Lipinski definition) is 2. The highest BCUT2D eigenvalue weighted by atomic mass is 16.5. The molecular formula is C27H29N3O3. The van der Waals surface area contributed by atoms with Crippen LogP contribution in [0, 0.1) is 0 Å². The van der Waals surface area contributed by atoms with Gasteiger partial charge in [0.05, 0.1) is 12.7 Å². The van der Waals surface area contributed by atoms with E-state index < -0.39 is 0 Å². The third kappa shape index (κ3) is 5.17. The van der Waals surface area contributed by atoms with Gasteiger partial charge >= 0.3 is 0 Å². The minimum absolute atomic E-state index is 0.00228. The maximum atomic E-state index is 13.1. The number of ether oxygens (including phenoxy) is 1. The highest BCUT2D eigenvalue weighted by Crippen LogP contribution is 2.30. The Morgan fingerprint density at radius 2 is 1.73 bits per heavy atom. The number of carbonyl (C=O) groups excluding carboxylic acids is 2. The molecule has 0 saturated carbocycles. The molecular weight excluding hydrogens is 414 g/mol. The summed E-state index contributed by atoms with van der Waals surface area (Å²) in [6, 6.07) is 20.9. The molecule has 3 aromatic carbocycles. The molecule has 0 bridgehead atoms. The molecule has 2 amide bonds. The van der Waals surface area contributed by atoms with Gasteiger partial charge in [0, 0.05) is 36.1 Å². The number of benzene rings is 3. The van der Waals surface area contributed by atoms with E-state index in [2.05, 4.69) is 33.7 Å². The number of hydrogen-bond acceptors (Lipinski definition) is 4. The van der Waals surface area contributed by atoms with E-state index in [0.717, 1.165) is 25.2 Å². The smallest absolute Gasteiger partial charge is 0.255 e. The monoisotopic (exact) mass is 443 g/mol. The van der Waals surface area contributed by atoms with Crippen molar-refractivity contribution in [1.29, 1.82) is 0 Å². The van der Waals surface area contributed by atoms with Crippen LogP contribution < -0.4 is 20.3 Å². The van der Waals surface area contributed by atoms with E-state index in [0.29, 0.717) is 22.6 Å². The topological polar surface area (TPSA) is 70.7 Å². The number of carbonyl (C=O) groups is 2. The molecule has 0 unspecified atom stereocenters. The van der Waals surface area contributed by atoms with E-state index in [1.807, 2.05) is 32.0 Å². The van der Waals surface area contributed by atoms with E-state index in [9.17, 15) is 9.59 Å². The standard InChI is InChI=1S/C27H29N3O3/c1-18(2)28-27(32)24-16-22(29-26(31)20-9-6-10-23(15-20)33-3)11-12-25(24)30-14-13-19-7-4-5-8-21(19)17-30/h4-12,15-16,18H,13-14,17H2,1-3H3,(H,28,32)(H,29,31). The van der Waals surface area contributed by atoms with Gasteiger partial charge in [-0.3, -0.25) is 9.59 Å². The summed E-state index contributed by atoms with van der Waals surface area (Å²) in [4.78, 5) is 28.1. The number of rotatable bonds is 6. The van der Waals surface area contributed by atoms with Crippen molar-refractivity contribution in [2.45, 2.75) is 32.9 Å². The number of nitrogens with zero attached hydrogens (tertiary/aromatic N) is 1. The molecule has 0 atom stereocenters. The second-order valence-electron chi connectivity index (χ2n) is 8.49. The van der Waals surface area contributed by atoms with Gasteiger partial charge in [-0.25, -0.2) is 0 Å². The average molecular weight is 444 g/mol. The first-order valence-electron chi connectivity index (χ1n) is 11.2. The van der Waals surface area contributed by atoms with Crippen molar-refractivity contribution < 1.29 is 14.3 Å². The Kier molecular flexibility index (Phi) is 6.63. The van der Waals surface area contributed by atoms with Crippen LogP contribution in [0.5, 0.6) is 5.75 Å². The van der Waals surface area contributed by atoms with Crippen molar-refractivity contribution >= 4 is 23.2 Å². The minimum Gasteiger partial charge on any atom is -0.497 e. The second-order valence-corrected chi connectivity index (χ2v) is 8.49. The summed E-state index contributed by atoms with van der Waals surface area (Å²) in [5.41, 5.74) is 5.09. The van der Waals surface area contributed by atoms with Crippen LogP contribution in [0.25, 0.3) is 0 Å². The van der Waals surface area contributed by atoms with Gasteiger partial charge in [0.2, 0.25) is 0 Å². The summed E-state index contributed by atoms with van der Waals surface area (Å²) < 4.78 is 5.21. The molecule has 6 nitrogen and oxygen atoms in total. The third-order valence-electron chi connectivity index (χ3n) is 5.72. The van der Waals surface area contributed by atoms with E-state index in [-0.39, 0.29) is 17.9 Å². The van der Waals surface area contributed by atoms with Crippen molar-refractivity contribution in [3.63, 3.8) is 0 Å². The molecule has 0 saturated heterocycles. The van der Waals surface area contributed by atoms with Gasteiger partial charge in [-0.2, -0.15) is 0 Å². The maximum Gasteiger partial charge on any atom is 0.255 e. The largest absolute Gasteiger partial charge is 0.497 e. The summed E-state index contributed by atoms with van der Waals surface area (Å²) in [7, 11) is 1.56. The van der Waals surface area contributed by atoms with Crippen LogP contribution >= 0.6 is 0 Å². The molecule has 170 valence electrons. The Bertz CT molecular complexity index is 1170. The summed E-state index contributed by atoms with van der Waals surface area (Å²) >= 11 is 0. The highest BCUT2D eigenvalue weighted by molar-refractivity contribution is 6.06. The van der Waals surface area contributed by atoms with Gasteiger partial charge in [-0.1, -0.05) is 30.3 Å². The Balaban J connectivity index is 1.62. The lowest BCUT2D eigenvalue weighted by Crippen LogP contribution is -2.35.